The second kappa shape index (κ2) is 9.92. The molecule has 0 atom stereocenters. The summed E-state index contributed by atoms with van der Waals surface area (Å²) in [4.78, 5) is 27.2. The van der Waals surface area contributed by atoms with Gasteiger partial charge in [-0.2, -0.15) is 17.5 Å². The summed E-state index contributed by atoms with van der Waals surface area (Å²) in [5.41, 5.74) is 0.383. The molecular weight excluding hydrogens is 443 g/mol. The molecule has 174 valence electrons. The van der Waals surface area contributed by atoms with E-state index in [0.29, 0.717) is 45.0 Å². The van der Waals surface area contributed by atoms with Crippen molar-refractivity contribution in [2.75, 3.05) is 45.6 Å². The summed E-state index contributed by atoms with van der Waals surface area (Å²) in [6, 6.07) is 3.52. The molecule has 2 aliphatic heterocycles. The molecular formula is C18H24F3N3O6S. The summed E-state index contributed by atoms with van der Waals surface area (Å²) in [7, 11) is -3.23. The Hall–Kier alpha value is -2.25. The first kappa shape index (κ1) is 25.0. The summed E-state index contributed by atoms with van der Waals surface area (Å²) >= 11 is 0. The smallest absolute Gasteiger partial charge is 0.475 e. The van der Waals surface area contributed by atoms with Gasteiger partial charge >= 0.3 is 12.1 Å². The van der Waals surface area contributed by atoms with E-state index < -0.39 is 22.2 Å². The summed E-state index contributed by atoms with van der Waals surface area (Å²) in [6.45, 7) is 3.06. The Labute approximate surface area is 177 Å². The Morgan fingerprint density at radius 3 is 2.32 bits per heavy atom. The minimum atomic E-state index is -5.08. The number of aliphatic carboxylic acids is 1. The van der Waals surface area contributed by atoms with E-state index in [1.807, 2.05) is 4.90 Å². The number of halogens is 3. The number of alkyl halides is 3. The van der Waals surface area contributed by atoms with Crippen LogP contribution in [-0.4, -0.2) is 91.4 Å². The molecule has 2 saturated heterocycles. The van der Waals surface area contributed by atoms with Crippen LogP contribution in [0.5, 0.6) is 0 Å². The molecule has 0 bridgehead atoms. The molecule has 3 rings (SSSR count). The van der Waals surface area contributed by atoms with Gasteiger partial charge in [-0.15, -0.1) is 0 Å². The largest absolute Gasteiger partial charge is 0.490 e. The highest BCUT2D eigenvalue weighted by Gasteiger charge is 2.41. The zero-order chi connectivity index (χ0) is 23.3. The van der Waals surface area contributed by atoms with Crippen LogP contribution in [0, 0.1) is 5.41 Å². The van der Waals surface area contributed by atoms with Crippen molar-refractivity contribution in [3.8, 4) is 0 Å². The lowest BCUT2D eigenvalue weighted by Gasteiger charge is -2.42. The third-order valence-electron chi connectivity index (χ3n) is 5.14. The van der Waals surface area contributed by atoms with Gasteiger partial charge in [0.15, 0.2) is 0 Å². The van der Waals surface area contributed by atoms with Crippen molar-refractivity contribution in [3.63, 3.8) is 0 Å². The number of nitrogens with zero attached hydrogens (tertiary/aromatic N) is 3. The number of likely N-dealkylation sites (tertiary alicyclic amines) is 1. The van der Waals surface area contributed by atoms with Crippen molar-refractivity contribution in [1.82, 2.24) is 14.2 Å². The maximum absolute atomic E-state index is 12.5. The van der Waals surface area contributed by atoms with Gasteiger partial charge < -0.3 is 14.7 Å². The van der Waals surface area contributed by atoms with Crippen LogP contribution in [-0.2, 0) is 19.6 Å². The maximum Gasteiger partial charge on any atom is 0.490 e. The van der Waals surface area contributed by atoms with E-state index in [4.69, 9.17) is 14.6 Å². The van der Waals surface area contributed by atoms with E-state index in [-0.39, 0.29) is 11.3 Å². The number of carboxylic acids is 1. The minimum absolute atomic E-state index is 0.0209. The number of ether oxygens (including phenoxy) is 1. The topological polar surface area (TPSA) is 117 Å². The van der Waals surface area contributed by atoms with Crippen LogP contribution < -0.4 is 0 Å². The molecule has 0 aliphatic carbocycles. The molecule has 1 amide bonds. The van der Waals surface area contributed by atoms with E-state index >= 15 is 0 Å². The number of hydrogen-bond acceptors (Lipinski definition) is 6. The molecule has 9 nitrogen and oxygen atoms in total. The number of carboxylic acid groups (broad SMARTS) is 1. The predicted octanol–water partition coefficient (Wildman–Crippen LogP) is 1.23. The Morgan fingerprint density at radius 2 is 1.84 bits per heavy atom. The normalized spacial score (nSPS) is 19.8. The van der Waals surface area contributed by atoms with Crippen molar-refractivity contribution < 1.29 is 41.0 Å². The van der Waals surface area contributed by atoms with E-state index in [9.17, 15) is 26.4 Å². The Kier molecular flexibility index (Phi) is 8.00. The molecule has 2 aliphatic rings. The lowest BCUT2D eigenvalue weighted by Crippen LogP contribution is -2.49. The van der Waals surface area contributed by atoms with Gasteiger partial charge in [0.05, 0.1) is 25.0 Å². The average molecular weight is 467 g/mol. The first-order chi connectivity index (χ1) is 14.3. The van der Waals surface area contributed by atoms with Gasteiger partial charge in [-0.1, -0.05) is 0 Å². The van der Waals surface area contributed by atoms with Crippen molar-refractivity contribution in [3.05, 3.63) is 30.1 Å². The fourth-order valence-electron chi connectivity index (χ4n) is 3.40. The van der Waals surface area contributed by atoms with Gasteiger partial charge in [0.2, 0.25) is 10.0 Å². The molecule has 1 N–H and O–H groups in total. The van der Waals surface area contributed by atoms with Gasteiger partial charge in [-0.05, 0) is 25.0 Å². The monoisotopic (exact) mass is 467 g/mol. The fraction of sp³-hybridized carbons (Fsp3) is 0.611. The number of aromatic nitrogens is 1. The number of sulfonamides is 1. The van der Waals surface area contributed by atoms with Crippen molar-refractivity contribution in [2.24, 2.45) is 5.41 Å². The number of hydrogen-bond donors (Lipinski definition) is 1. The zero-order valence-corrected chi connectivity index (χ0v) is 17.7. The number of carbonyl (C=O) groups excluding carboxylic acids is 1. The van der Waals surface area contributed by atoms with Crippen molar-refractivity contribution in [1.29, 1.82) is 0 Å². The Morgan fingerprint density at radius 1 is 1.23 bits per heavy atom. The Balaban J connectivity index is 0.000000423. The van der Waals surface area contributed by atoms with Crippen LogP contribution >= 0.6 is 0 Å². The number of rotatable bonds is 2. The lowest BCUT2D eigenvalue weighted by molar-refractivity contribution is -0.192. The number of amides is 1. The fourth-order valence-corrected chi connectivity index (χ4v) is 4.31. The van der Waals surface area contributed by atoms with E-state index in [1.165, 1.54) is 10.6 Å². The Bertz CT molecular complexity index is 871. The summed E-state index contributed by atoms with van der Waals surface area (Å²) in [5, 5.41) is 7.12. The van der Waals surface area contributed by atoms with E-state index in [0.717, 1.165) is 12.8 Å². The molecule has 13 heteroatoms. The van der Waals surface area contributed by atoms with Gasteiger partial charge in [0.1, 0.15) is 0 Å². The highest BCUT2D eigenvalue weighted by Crippen LogP contribution is 2.35. The van der Waals surface area contributed by atoms with Crippen LogP contribution in [0.25, 0.3) is 0 Å². The molecule has 0 unspecified atom stereocenters. The summed E-state index contributed by atoms with van der Waals surface area (Å²) < 4.78 is 62.8. The number of carbonyl (C=O) groups is 2. The number of pyridine rings is 1. The molecule has 3 heterocycles. The highest BCUT2D eigenvalue weighted by molar-refractivity contribution is 7.88. The molecule has 0 saturated carbocycles. The minimum Gasteiger partial charge on any atom is -0.475 e. The van der Waals surface area contributed by atoms with E-state index in [1.54, 1.807) is 24.5 Å². The molecule has 31 heavy (non-hydrogen) atoms. The third kappa shape index (κ3) is 7.14. The number of piperidine rings is 1. The summed E-state index contributed by atoms with van der Waals surface area (Å²) in [6.07, 6.45) is 0.862. The molecule has 2 fully saturated rings. The average Bonchev–Trinajstić information content (AvgIpc) is 2.91. The standard InChI is InChI=1S/C16H23N3O4S.C2HF3O2/c1-24(21,22)19-9-10-23-13-16(12-19)4-7-18(8-5-16)15(20)14-3-2-6-17-11-14;3-2(4,5)1(6)7/h2-3,6,11H,4-5,7-10,12-13H2,1H3;(H,6,7). The predicted molar refractivity (Wildman–Crippen MR) is 103 cm³/mol. The molecule has 0 radical (unpaired) electrons. The van der Waals surface area contributed by atoms with Gasteiger partial charge in [0.25, 0.3) is 5.91 Å². The SMILES string of the molecule is CS(=O)(=O)N1CCOCC2(CCN(C(=O)c3cccnc3)CC2)C1.O=C(O)C(F)(F)F. The van der Waals surface area contributed by atoms with E-state index in [2.05, 4.69) is 4.98 Å². The molecule has 0 aromatic carbocycles. The van der Waals surface area contributed by atoms with Crippen LogP contribution in [0.3, 0.4) is 0 Å². The molecule has 1 aromatic rings. The van der Waals surface area contributed by atoms with Crippen molar-refractivity contribution in [2.45, 2.75) is 19.0 Å². The molecule has 1 spiro atoms. The van der Waals surface area contributed by atoms with Crippen molar-refractivity contribution >= 4 is 21.9 Å². The zero-order valence-electron chi connectivity index (χ0n) is 16.8. The second-order valence-corrected chi connectivity index (χ2v) is 9.47. The van der Waals surface area contributed by atoms with Gasteiger partial charge in [-0.25, -0.2) is 13.2 Å². The molecule has 1 aromatic heterocycles. The van der Waals surface area contributed by atoms with Crippen LogP contribution in [0.4, 0.5) is 13.2 Å². The van der Waals surface area contributed by atoms with Crippen LogP contribution in [0.2, 0.25) is 0 Å². The van der Waals surface area contributed by atoms with Gasteiger partial charge in [0, 0.05) is 44.0 Å². The van der Waals surface area contributed by atoms with Crippen LogP contribution in [0.1, 0.15) is 23.2 Å². The lowest BCUT2D eigenvalue weighted by atomic mass is 9.79. The summed E-state index contributed by atoms with van der Waals surface area (Å²) in [5.74, 6) is -2.78. The highest BCUT2D eigenvalue weighted by atomic mass is 32.2. The second-order valence-electron chi connectivity index (χ2n) is 7.49. The van der Waals surface area contributed by atoms with Gasteiger partial charge in [-0.3, -0.25) is 9.78 Å². The third-order valence-corrected chi connectivity index (χ3v) is 6.39. The van der Waals surface area contributed by atoms with Crippen LogP contribution in [0.15, 0.2) is 24.5 Å². The quantitative estimate of drug-likeness (QED) is 0.695. The first-order valence-corrected chi connectivity index (χ1v) is 11.2. The first-order valence-electron chi connectivity index (χ1n) is 9.36. The maximum atomic E-state index is 12.5.